The number of benzene rings is 1. The minimum Gasteiger partial charge on any atom is -0.467 e. The number of furan rings is 1. The van der Waals surface area contributed by atoms with E-state index >= 15 is 0 Å². The van der Waals surface area contributed by atoms with Crippen LogP contribution >= 0.6 is 11.5 Å². The third-order valence-electron chi connectivity index (χ3n) is 5.84. The van der Waals surface area contributed by atoms with Crippen LogP contribution in [-0.4, -0.2) is 41.4 Å². The molecule has 1 saturated heterocycles. The lowest BCUT2D eigenvalue weighted by Crippen LogP contribution is -2.45. The summed E-state index contributed by atoms with van der Waals surface area (Å²) in [7, 11) is 0. The lowest BCUT2D eigenvalue weighted by molar-refractivity contribution is -0.123. The molecule has 0 unspecified atom stereocenters. The number of amides is 3. The SMILES string of the molecule is CCc1ccc(N(C(=O)c2snc(C(N)=O)c2N)[C@@H](C(=O)NC[C@H]2CCCO2)c2ccco2)cc1. The third kappa shape index (κ3) is 5.20. The van der Waals surface area contributed by atoms with Crippen molar-refractivity contribution in [3.63, 3.8) is 0 Å². The van der Waals surface area contributed by atoms with Gasteiger partial charge in [-0.1, -0.05) is 19.1 Å². The summed E-state index contributed by atoms with van der Waals surface area (Å²) in [6.07, 6.45) is 3.94. The van der Waals surface area contributed by atoms with Gasteiger partial charge in [-0.3, -0.25) is 19.3 Å². The summed E-state index contributed by atoms with van der Waals surface area (Å²) in [5, 5.41) is 2.89. The average molecular weight is 498 g/mol. The molecule has 1 aliphatic heterocycles. The molecule has 1 aromatic carbocycles. The molecule has 0 saturated carbocycles. The molecule has 0 bridgehead atoms. The first-order valence-electron chi connectivity index (χ1n) is 11.3. The van der Waals surface area contributed by atoms with Gasteiger partial charge in [0, 0.05) is 18.8 Å². The molecular weight excluding hydrogens is 470 g/mol. The highest BCUT2D eigenvalue weighted by Gasteiger charge is 2.38. The van der Waals surface area contributed by atoms with Crippen molar-refractivity contribution in [3.05, 3.63) is 64.6 Å². The molecule has 3 heterocycles. The second-order valence-electron chi connectivity index (χ2n) is 8.13. The predicted octanol–water partition coefficient (Wildman–Crippen LogP) is 2.66. The van der Waals surface area contributed by atoms with Crippen LogP contribution < -0.4 is 21.7 Å². The highest BCUT2D eigenvalue weighted by molar-refractivity contribution is 7.09. The van der Waals surface area contributed by atoms with Gasteiger partial charge >= 0.3 is 0 Å². The minimum atomic E-state index is -1.15. The monoisotopic (exact) mass is 497 g/mol. The number of primary amides is 1. The fourth-order valence-electron chi connectivity index (χ4n) is 3.95. The van der Waals surface area contributed by atoms with Gasteiger partial charge in [0.15, 0.2) is 11.7 Å². The van der Waals surface area contributed by atoms with E-state index < -0.39 is 23.8 Å². The second-order valence-corrected chi connectivity index (χ2v) is 8.90. The molecule has 0 spiro atoms. The highest BCUT2D eigenvalue weighted by atomic mass is 32.1. The van der Waals surface area contributed by atoms with Crippen LogP contribution in [0.3, 0.4) is 0 Å². The van der Waals surface area contributed by atoms with E-state index in [1.54, 1.807) is 24.3 Å². The van der Waals surface area contributed by atoms with Crippen LogP contribution in [0.4, 0.5) is 11.4 Å². The molecule has 184 valence electrons. The van der Waals surface area contributed by atoms with Crippen molar-refractivity contribution in [3.8, 4) is 0 Å². The number of aryl methyl sites for hydroxylation is 1. The summed E-state index contributed by atoms with van der Waals surface area (Å²) in [6.45, 7) is 2.98. The number of nitrogens with one attached hydrogen (secondary N) is 1. The van der Waals surface area contributed by atoms with Crippen LogP contribution in [0.2, 0.25) is 0 Å². The van der Waals surface area contributed by atoms with E-state index in [2.05, 4.69) is 9.69 Å². The largest absolute Gasteiger partial charge is 0.467 e. The van der Waals surface area contributed by atoms with Crippen molar-refractivity contribution in [2.75, 3.05) is 23.8 Å². The van der Waals surface area contributed by atoms with Crippen LogP contribution in [0.1, 0.15) is 57.3 Å². The molecule has 10 nitrogen and oxygen atoms in total. The van der Waals surface area contributed by atoms with Gasteiger partial charge in [0.05, 0.1) is 18.1 Å². The lowest BCUT2D eigenvalue weighted by atomic mass is 10.1. The van der Waals surface area contributed by atoms with Crippen molar-refractivity contribution in [1.29, 1.82) is 0 Å². The van der Waals surface area contributed by atoms with Crippen LogP contribution in [-0.2, 0) is 16.0 Å². The van der Waals surface area contributed by atoms with Gasteiger partial charge in [-0.15, -0.1) is 0 Å². The number of nitrogens with two attached hydrogens (primary N) is 2. The Morgan fingerprint density at radius 3 is 2.60 bits per heavy atom. The smallest absolute Gasteiger partial charge is 0.273 e. The summed E-state index contributed by atoms with van der Waals surface area (Å²) in [6, 6.07) is 9.39. The molecule has 11 heteroatoms. The number of aromatic nitrogens is 1. The van der Waals surface area contributed by atoms with E-state index in [4.69, 9.17) is 20.6 Å². The Hall–Kier alpha value is -3.70. The van der Waals surface area contributed by atoms with E-state index in [1.165, 1.54) is 11.2 Å². The molecule has 1 fully saturated rings. The molecule has 0 aliphatic carbocycles. The average Bonchev–Trinajstić information content (AvgIpc) is 3.63. The predicted molar refractivity (Wildman–Crippen MR) is 131 cm³/mol. The Morgan fingerprint density at radius 2 is 2.03 bits per heavy atom. The molecular formula is C24H27N5O5S. The number of carbonyl (C=O) groups excluding carboxylic acids is 3. The van der Waals surface area contributed by atoms with Crippen molar-refractivity contribution < 1.29 is 23.5 Å². The number of ether oxygens (including phenoxy) is 1. The van der Waals surface area contributed by atoms with Gasteiger partial charge in [-0.2, -0.15) is 4.37 Å². The number of anilines is 2. The van der Waals surface area contributed by atoms with Gasteiger partial charge < -0.3 is 25.9 Å². The Bertz CT molecular complexity index is 1190. The Morgan fingerprint density at radius 1 is 1.26 bits per heavy atom. The van der Waals surface area contributed by atoms with Crippen molar-refractivity contribution in [2.45, 2.75) is 38.3 Å². The number of nitrogen functional groups attached to an aromatic ring is 1. The number of hydrogen-bond acceptors (Lipinski definition) is 8. The first-order chi connectivity index (χ1) is 16.9. The molecule has 4 rings (SSSR count). The quantitative estimate of drug-likeness (QED) is 0.411. The number of rotatable bonds is 9. The topological polar surface area (TPSA) is 154 Å². The molecule has 3 aromatic rings. The van der Waals surface area contributed by atoms with Gasteiger partial charge in [0.1, 0.15) is 10.6 Å². The molecule has 0 radical (unpaired) electrons. The van der Waals surface area contributed by atoms with Gasteiger partial charge in [-0.25, -0.2) is 0 Å². The minimum absolute atomic E-state index is 0.00171. The van der Waals surface area contributed by atoms with Crippen LogP contribution in [0.15, 0.2) is 47.1 Å². The summed E-state index contributed by atoms with van der Waals surface area (Å²) >= 11 is 0.754. The molecule has 3 amide bonds. The molecule has 35 heavy (non-hydrogen) atoms. The number of nitrogens with zero attached hydrogens (tertiary/aromatic N) is 2. The van der Waals surface area contributed by atoms with E-state index in [0.29, 0.717) is 18.8 Å². The zero-order chi connectivity index (χ0) is 24.9. The highest BCUT2D eigenvalue weighted by Crippen LogP contribution is 2.33. The van der Waals surface area contributed by atoms with E-state index in [-0.39, 0.29) is 28.1 Å². The molecule has 2 aromatic heterocycles. The Kier molecular flexibility index (Phi) is 7.47. The van der Waals surface area contributed by atoms with Crippen molar-refractivity contribution >= 4 is 40.6 Å². The maximum Gasteiger partial charge on any atom is 0.273 e. The van der Waals surface area contributed by atoms with E-state index in [0.717, 1.165) is 36.4 Å². The summed E-state index contributed by atoms with van der Waals surface area (Å²) < 4.78 is 15.2. The van der Waals surface area contributed by atoms with Crippen molar-refractivity contribution in [2.24, 2.45) is 5.73 Å². The molecule has 2 atom stereocenters. The zero-order valence-corrected chi connectivity index (χ0v) is 20.0. The Balaban J connectivity index is 1.76. The fourth-order valence-corrected chi connectivity index (χ4v) is 4.69. The molecule has 1 aliphatic rings. The first-order valence-corrected chi connectivity index (χ1v) is 12.1. The van der Waals surface area contributed by atoms with Crippen molar-refractivity contribution in [1.82, 2.24) is 9.69 Å². The van der Waals surface area contributed by atoms with Gasteiger partial charge in [0.25, 0.3) is 17.7 Å². The number of carbonyl (C=O) groups is 3. The van der Waals surface area contributed by atoms with Crippen LogP contribution in [0.25, 0.3) is 0 Å². The maximum atomic E-state index is 13.9. The normalized spacial score (nSPS) is 16.1. The van der Waals surface area contributed by atoms with E-state index in [1.807, 2.05) is 19.1 Å². The summed E-state index contributed by atoms with van der Waals surface area (Å²) in [4.78, 5) is 40.4. The first kappa shape index (κ1) is 24.4. The summed E-state index contributed by atoms with van der Waals surface area (Å²) in [5.41, 5.74) is 12.6. The van der Waals surface area contributed by atoms with Gasteiger partial charge in [0.2, 0.25) is 0 Å². The third-order valence-corrected chi connectivity index (χ3v) is 6.70. The zero-order valence-electron chi connectivity index (χ0n) is 19.2. The summed E-state index contributed by atoms with van der Waals surface area (Å²) in [5.74, 6) is -1.62. The van der Waals surface area contributed by atoms with Gasteiger partial charge in [-0.05, 0) is 60.6 Å². The Labute approximate surface area is 206 Å². The van der Waals surface area contributed by atoms with Crippen LogP contribution in [0.5, 0.6) is 0 Å². The second kappa shape index (κ2) is 10.7. The lowest BCUT2D eigenvalue weighted by Gasteiger charge is -2.30. The van der Waals surface area contributed by atoms with E-state index in [9.17, 15) is 14.4 Å². The number of hydrogen-bond donors (Lipinski definition) is 3. The standard InChI is InChI=1S/C24H27N5O5S/c1-2-14-7-9-15(10-8-14)29(24(32)21-18(25)19(22(26)30)28-35-21)20(17-6-4-12-34-17)23(31)27-13-16-5-3-11-33-16/h4,6-10,12,16,20H,2-3,5,11,13,25H2,1H3,(H2,26,30)(H,27,31)/t16-,20-/m1/s1. The maximum absolute atomic E-state index is 13.9. The fraction of sp³-hybridized carbons (Fsp3) is 0.333. The van der Waals surface area contributed by atoms with Crippen LogP contribution in [0, 0.1) is 0 Å². The molecule has 5 N–H and O–H groups in total.